The van der Waals surface area contributed by atoms with E-state index >= 15 is 0 Å². The number of nitrogens with two attached hydrogens (primary N) is 1. The molecule has 4 aliphatic rings. The SMILES string of the molecule is CO/N=C(\C(=O)N[C@@H]1C(=O)N2C(C(=O)[O-])=C(C[N+]34C=NC=C3CCC4)CS[C@H]12)c1csc(N)n1. The first-order valence-electron chi connectivity index (χ1n) is 10.5. The van der Waals surface area contributed by atoms with Crippen molar-refractivity contribution in [3.8, 4) is 0 Å². The molecule has 0 saturated carbocycles. The number of carbonyl (C=O) groups excluding carboxylic acids is 3. The van der Waals surface area contributed by atoms with Gasteiger partial charge in [0.05, 0.1) is 24.4 Å². The van der Waals surface area contributed by atoms with Crippen LogP contribution in [0.4, 0.5) is 5.13 Å². The summed E-state index contributed by atoms with van der Waals surface area (Å²) in [6.45, 7) is 1.26. The summed E-state index contributed by atoms with van der Waals surface area (Å²) in [5.74, 6) is -2.21. The van der Waals surface area contributed by atoms with E-state index in [4.69, 9.17) is 10.6 Å². The molecule has 0 spiro atoms. The van der Waals surface area contributed by atoms with Crippen molar-refractivity contribution < 1.29 is 28.8 Å². The van der Waals surface area contributed by atoms with Crippen LogP contribution in [0.5, 0.6) is 0 Å². The molecule has 2 amide bonds. The van der Waals surface area contributed by atoms with Crippen LogP contribution < -0.4 is 16.2 Å². The van der Waals surface area contributed by atoms with E-state index in [0.29, 0.717) is 22.4 Å². The fourth-order valence-corrected chi connectivity index (χ4v) is 6.61. The molecule has 2 fully saturated rings. The van der Waals surface area contributed by atoms with E-state index in [1.165, 1.54) is 23.8 Å². The number of nitrogens with zero attached hydrogens (tertiary/aromatic N) is 5. The van der Waals surface area contributed by atoms with E-state index in [1.54, 1.807) is 5.38 Å². The van der Waals surface area contributed by atoms with E-state index < -0.39 is 29.2 Å². The molecule has 0 aromatic carbocycles. The standard InChI is InChI=1S/C20H21N7O5S2/c1-32-25-13(12-8-34-20(21)23-12)16(28)24-14-17(29)26-15(19(30)31)10(7-33-18(14)26)6-27-4-2-3-11(27)5-22-9-27/h5,8-9,14,18H,2-4,6-7H2,1H3,(H3-,21,23,24,28,30,31)/b25-13-/t14-,18-,27?/m1/s1. The molecule has 3 N–H and O–H groups in total. The Hall–Kier alpha value is -3.23. The Balaban J connectivity index is 1.36. The highest BCUT2D eigenvalue weighted by Gasteiger charge is 2.54. The Bertz CT molecular complexity index is 1210. The van der Waals surface area contributed by atoms with Crippen molar-refractivity contribution in [2.75, 3.05) is 31.7 Å². The second kappa shape index (κ2) is 8.52. The summed E-state index contributed by atoms with van der Waals surface area (Å²) in [6.07, 6.45) is 5.58. The number of aliphatic carboxylic acids is 1. The number of hydrogen-bond donors (Lipinski definition) is 2. The van der Waals surface area contributed by atoms with Gasteiger partial charge in [0.2, 0.25) is 0 Å². The van der Waals surface area contributed by atoms with Crippen LogP contribution in [0.15, 0.2) is 38.7 Å². The van der Waals surface area contributed by atoms with Crippen molar-refractivity contribution in [1.29, 1.82) is 0 Å². The zero-order chi connectivity index (χ0) is 24.0. The number of carboxylic acid groups (broad SMARTS) is 1. The molecule has 2 saturated heterocycles. The Labute approximate surface area is 202 Å². The predicted molar refractivity (Wildman–Crippen MR) is 123 cm³/mol. The van der Waals surface area contributed by atoms with Crippen LogP contribution in [0, 0.1) is 0 Å². The molecule has 1 aromatic rings. The number of β-lactam (4-membered cyclic amide) rings is 1. The van der Waals surface area contributed by atoms with E-state index in [1.807, 2.05) is 12.5 Å². The van der Waals surface area contributed by atoms with Crippen molar-refractivity contribution >= 4 is 58.1 Å². The van der Waals surface area contributed by atoms with E-state index in [0.717, 1.165) is 36.4 Å². The van der Waals surface area contributed by atoms with Crippen LogP contribution in [0.25, 0.3) is 0 Å². The maximum Gasteiger partial charge on any atom is 0.276 e. The lowest BCUT2D eigenvalue weighted by Crippen LogP contribution is -2.71. The topological polar surface area (TPSA) is 162 Å². The number of aromatic nitrogens is 1. The van der Waals surface area contributed by atoms with Crippen LogP contribution in [-0.4, -0.2) is 81.6 Å². The highest BCUT2D eigenvalue weighted by Crippen LogP contribution is 2.42. The molecule has 178 valence electrons. The summed E-state index contributed by atoms with van der Waals surface area (Å²) in [4.78, 5) is 52.2. The van der Waals surface area contributed by atoms with Gasteiger partial charge in [-0.15, -0.1) is 23.1 Å². The van der Waals surface area contributed by atoms with Gasteiger partial charge in [-0.05, 0) is 0 Å². The minimum Gasteiger partial charge on any atom is -0.543 e. The summed E-state index contributed by atoms with van der Waals surface area (Å²) in [5.41, 5.74) is 7.39. The zero-order valence-corrected chi connectivity index (χ0v) is 19.7. The number of thioether (sulfide) groups is 1. The second-order valence-corrected chi connectivity index (χ2v) is 10.2. The Kier molecular flexibility index (Phi) is 5.65. The molecule has 0 aliphatic carbocycles. The van der Waals surface area contributed by atoms with Gasteiger partial charge >= 0.3 is 0 Å². The molecule has 0 bridgehead atoms. The minimum atomic E-state index is -1.41. The summed E-state index contributed by atoms with van der Waals surface area (Å²) in [5, 5.41) is 19.7. The molecule has 0 radical (unpaired) electrons. The highest BCUT2D eigenvalue weighted by atomic mass is 32.2. The summed E-state index contributed by atoms with van der Waals surface area (Å²) in [7, 11) is 1.28. The van der Waals surface area contributed by atoms with Crippen molar-refractivity contribution in [2.24, 2.45) is 10.1 Å². The van der Waals surface area contributed by atoms with E-state index in [2.05, 4.69) is 20.4 Å². The molecular formula is C20H21N7O5S2. The van der Waals surface area contributed by atoms with Crippen molar-refractivity contribution in [2.45, 2.75) is 24.3 Å². The Morgan fingerprint density at radius 2 is 2.29 bits per heavy atom. The second-order valence-electron chi connectivity index (χ2n) is 8.20. The number of aliphatic imine (C=N–C) groups is 1. The number of carboxylic acids is 1. The van der Waals surface area contributed by atoms with Crippen LogP contribution in [0.1, 0.15) is 18.5 Å². The first kappa shape index (κ1) is 22.6. The minimum absolute atomic E-state index is 0.114. The third-order valence-corrected chi connectivity index (χ3v) is 8.25. The molecule has 34 heavy (non-hydrogen) atoms. The van der Waals surface area contributed by atoms with Gasteiger partial charge in [0.1, 0.15) is 36.5 Å². The van der Waals surface area contributed by atoms with Gasteiger partial charge in [0.25, 0.3) is 11.8 Å². The lowest BCUT2D eigenvalue weighted by Gasteiger charge is -2.51. The smallest absolute Gasteiger partial charge is 0.276 e. The molecule has 5 rings (SSSR count). The fourth-order valence-electron chi connectivity index (χ4n) is 4.72. The van der Waals surface area contributed by atoms with E-state index in [9.17, 15) is 19.5 Å². The van der Waals surface area contributed by atoms with Crippen molar-refractivity contribution in [3.05, 3.63) is 34.2 Å². The van der Waals surface area contributed by atoms with Gasteiger partial charge in [0, 0.05) is 29.5 Å². The Morgan fingerprint density at radius 1 is 1.47 bits per heavy atom. The first-order valence-corrected chi connectivity index (χ1v) is 12.4. The molecule has 1 aromatic heterocycles. The van der Waals surface area contributed by atoms with Gasteiger partial charge in [-0.1, -0.05) is 5.16 Å². The summed E-state index contributed by atoms with van der Waals surface area (Å²) >= 11 is 2.53. The Morgan fingerprint density at radius 3 is 3.00 bits per heavy atom. The highest BCUT2D eigenvalue weighted by molar-refractivity contribution is 8.00. The quantitative estimate of drug-likeness (QED) is 0.207. The lowest BCUT2D eigenvalue weighted by molar-refractivity contribution is -0.777. The van der Waals surface area contributed by atoms with Gasteiger partial charge in [0.15, 0.2) is 17.2 Å². The summed E-state index contributed by atoms with van der Waals surface area (Å²) in [6, 6.07) is -0.922. The number of carbonyl (C=O) groups is 3. The molecule has 4 aliphatic heterocycles. The number of allylic oxidation sites excluding steroid dienone is 1. The van der Waals surface area contributed by atoms with Gasteiger partial charge in [-0.3, -0.25) is 14.5 Å². The number of rotatable bonds is 7. The molecular weight excluding hydrogens is 482 g/mol. The largest absolute Gasteiger partial charge is 0.543 e. The number of anilines is 1. The maximum absolute atomic E-state index is 13.0. The monoisotopic (exact) mass is 503 g/mol. The number of quaternary nitrogens is 1. The maximum atomic E-state index is 13.0. The summed E-state index contributed by atoms with van der Waals surface area (Å²) < 4.78 is 0.493. The van der Waals surface area contributed by atoms with E-state index in [-0.39, 0.29) is 22.2 Å². The van der Waals surface area contributed by atoms with Crippen LogP contribution in [-0.2, 0) is 19.2 Å². The zero-order valence-electron chi connectivity index (χ0n) is 18.1. The average Bonchev–Trinajstić information content (AvgIpc) is 3.50. The van der Waals surface area contributed by atoms with Crippen LogP contribution >= 0.6 is 23.1 Å². The van der Waals surface area contributed by atoms with Crippen LogP contribution in [0.2, 0.25) is 0 Å². The number of thiazole rings is 1. The predicted octanol–water partition coefficient (Wildman–Crippen LogP) is -1.03. The van der Waals surface area contributed by atoms with Gasteiger partial charge in [-0.2, -0.15) is 0 Å². The molecule has 3 atom stereocenters. The third kappa shape index (κ3) is 3.58. The fraction of sp³-hybridized carbons (Fsp3) is 0.400. The molecule has 1 unspecified atom stereocenters. The number of nitrogens with one attached hydrogen (secondary N) is 1. The normalized spacial score (nSPS) is 27.8. The average molecular weight is 504 g/mol. The first-order chi connectivity index (χ1) is 16.3. The molecule has 5 heterocycles. The molecule has 12 nitrogen and oxygen atoms in total. The number of amides is 2. The van der Waals surface area contributed by atoms with Crippen molar-refractivity contribution in [1.82, 2.24) is 15.2 Å². The number of hydrogen-bond acceptors (Lipinski definition) is 11. The number of oxime groups is 1. The lowest BCUT2D eigenvalue weighted by atomic mass is 10.0. The number of nitrogen functional groups attached to an aromatic ring is 1. The van der Waals surface area contributed by atoms with Gasteiger partial charge < -0.3 is 25.8 Å². The third-order valence-electron chi connectivity index (χ3n) is 6.24. The number of fused-ring (bicyclic) bond motifs is 2. The molecule has 14 heteroatoms. The van der Waals surface area contributed by atoms with Crippen LogP contribution in [0.3, 0.4) is 0 Å². The van der Waals surface area contributed by atoms with Crippen molar-refractivity contribution in [3.63, 3.8) is 0 Å². The van der Waals surface area contributed by atoms with Gasteiger partial charge in [-0.25, -0.2) is 14.5 Å².